The minimum absolute atomic E-state index is 0.493. The summed E-state index contributed by atoms with van der Waals surface area (Å²) >= 11 is 1.72. The smallest absolute Gasteiger partial charge is 0.106 e. The predicted octanol–water partition coefficient (Wildman–Crippen LogP) is 3.70. The van der Waals surface area contributed by atoms with Crippen LogP contribution in [0.1, 0.15) is 41.4 Å². The molecule has 0 bridgehead atoms. The molecule has 94 valence electrons. The summed E-state index contributed by atoms with van der Waals surface area (Å²) in [6, 6.07) is 9.36. The van der Waals surface area contributed by atoms with Crippen molar-refractivity contribution in [3.8, 4) is 0 Å². The molecule has 3 heteroatoms. The zero-order valence-electron chi connectivity index (χ0n) is 10.4. The van der Waals surface area contributed by atoms with E-state index < -0.39 is 0 Å². The highest BCUT2D eigenvalue weighted by Gasteiger charge is 2.17. The molecule has 0 fully saturated rings. The second-order valence-corrected chi connectivity index (χ2v) is 5.78. The summed E-state index contributed by atoms with van der Waals surface area (Å²) in [5, 5.41) is 6.89. The van der Waals surface area contributed by atoms with Gasteiger partial charge in [-0.1, -0.05) is 30.7 Å². The first-order valence-electron chi connectivity index (χ1n) is 6.63. The van der Waals surface area contributed by atoms with Crippen LogP contribution in [0.4, 0.5) is 0 Å². The molecule has 0 spiro atoms. The van der Waals surface area contributed by atoms with Crippen molar-refractivity contribution in [1.29, 1.82) is 0 Å². The average Bonchev–Trinajstić information content (AvgIpc) is 2.84. The molecule has 3 rings (SSSR count). The van der Waals surface area contributed by atoms with Crippen molar-refractivity contribution in [1.82, 2.24) is 10.3 Å². The van der Waals surface area contributed by atoms with Gasteiger partial charge >= 0.3 is 0 Å². The first-order valence-corrected chi connectivity index (χ1v) is 7.51. The molecule has 0 radical (unpaired) electrons. The monoisotopic (exact) mass is 258 g/mol. The Kier molecular flexibility index (Phi) is 3.72. The molecule has 0 amide bonds. The van der Waals surface area contributed by atoms with Gasteiger partial charge in [0.2, 0.25) is 0 Å². The second kappa shape index (κ2) is 5.63. The van der Waals surface area contributed by atoms with Crippen molar-refractivity contribution in [2.24, 2.45) is 0 Å². The van der Waals surface area contributed by atoms with Crippen molar-refractivity contribution in [2.75, 3.05) is 0 Å². The predicted molar refractivity (Wildman–Crippen MR) is 75.7 cm³/mol. The normalized spacial score (nSPS) is 19.2. The summed E-state index contributed by atoms with van der Waals surface area (Å²) in [6.45, 7) is 0.886. The zero-order chi connectivity index (χ0) is 12.2. The Morgan fingerprint density at radius 3 is 3.11 bits per heavy atom. The third kappa shape index (κ3) is 2.62. The quantitative estimate of drug-likeness (QED) is 0.849. The fourth-order valence-electron chi connectivity index (χ4n) is 2.68. The van der Waals surface area contributed by atoms with Crippen LogP contribution in [0.5, 0.6) is 0 Å². The number of rotatable bonds is 3. The van der Waals surface area contributed by atoms with Crippen LogP contribution in [0.15, 0.2) is 35.8 Å². The first kappa shape index (κ1) is 11.9. The van der Waals surface area contributed by atoms with Crippen LogP contribution in [-0.4, -0.2) is 4.98 Å². The Morgan fingerprint density at radius 1 is 1.28 bits per heavy atom. The Labute approximate surface area is 112 Å². The second-order valence-electron chi connectivity index (χ2n) is 4.80. The van der Waals surface area contributed by atoms with E-state index in [0.717, 1.165) is 6.54 Å². The number of thiazole rings is 1. The summed E-state index contributed by atoms with van der Waals surface area (Å²) < 4.78 is 0. The summed E-state index contributed by atoms with van der Waals surface area (Å²) in [6.07, 6.45) is 6.97. The van der Waals surface area contributed by atoms with Gasteiger partial charge in [-0.15, -0.1) is 11.3 Å². The molecule has 1 aromatic heterocycles. The Morgan fingerprint density at radius 2 is 2.22 bits per heavy atom. The number of hydrogen-bond donors (Lipinski definition) is 1. The van der Waals surface area contributed by atoms with Crippen molar-refractivity contribution < 1.29 is 0 Å². The molecule has 2 aromatic rings. The molecular weight excluding hydrogens is 240 g/mol. The lowest BCUT2D eigenvalue weighted by molar-refractivity contribution is 0.488. The zero-order valence-corrected chi connectivity index (χ0v) is 11.2. The topological polar surface area (TPSA) is 24.9 Å². The van der Waals surface area contributed by atoms with E-state index in [1.807, 2.05) is 11.6 Å². The molecule has 1 heterocycles. The highest BCUT2D eigenvalue weighted by molar-refractivity contribution is 7.09. The largest absolute Gasteiger partial charge is 0.304 e. The maximum atomic E-state index is 4.34. The minimum Gasteiger partial charge on any atom is -0.304 e. The highest BCUT2D eigenvalue weighted by Crippen LogP contribution is 2.28. The maximum absolute atomic E-state index is 4.34. The fraction of sp³-hybridized carbons (Fsp3) is 0.400. The molecule has 1 atom stereocenters. The fourth-order valence-corrected chi connectivity index (χ4v) is 3.25. The number of fused-ring (bicyclic) bond motifs is 1. The van der Waals surface area contributed by atoms with E-state index in [0.29, 0.717) is 6.04 Å². The molecule has 1 aliphatic carbocycles. The SMILES string of the molecule is c1ccc2c(c1)CCCC[C@H]2NCc1nccs1. The van der Waals surface area contributed by atoms with Crippen molar-refractivity contribution in [2.45, 2.75) is 38.3 Å². The van der Waals surface area contributed by atoms with Gasteiger partial charge in [-0.05, 0) is 30.4 Å². The lowest BCUT2D eigenvalue weighted by atomic mass is 9.99. The average molecular weight is 258 g/mol. The summed E-state index contributed by atoms with van der Waals surface area (Å²) in [5.41, 5.74) is 3.01. The van der Waals surface area contributed by atoms with Crippen molar-refractivity contribution in [3.63, 3.8) is 0 Å². The Bertz CT molecular complexity index is 493. The van der Waals surface area contributed by atoms with E-state index in [1.165, 1.54) is 41.8 Å². The number of nitrogens with one attached hydrogen (secondary N) is 1. The van der Waals surface area contributed by atoms with Crippen LogP contribution >= 0.6 is 11.3 Å². The van der Waals surface area contributed by atoms with E-state index in [9.17, 15) is 0 Å². The molecule has 0 saturated carbocycles. The van der Waals surface area contributed by atoms with E-state index in [4.69, 9.17) is 0 Å². The van der Waals surface area contributed by atoms with Crippen molar-refractivity contribution >= 4 is 11.3 Å². The molecule has 2 nitrogen and oxygen atoms in total. The van der Waals surface area contributed by atoms with Crippen LogP contribution in [-0.2, 0) is 13.0 Å². The number of aromatic nitrogens is 1. The molecule has 1 aromatic carbocycles. The summed E-state index contributed by atoms with van der Waals surface area (Å²) in [4.78, 5) is 4.34. The number of nitrogens with zero attached hydrogens (tertiary/aromatic N) is 1. The molecular formula is C15H18N2S. The van der Waals surface area contributed by atoms with Crippen LogP contribution in [0.3, 0.4) is 0 Å². The maximum Gasteiger partial charge on any atom is 0.106 e. The Balaban J connectivity index is 1.75. The third-order valence-corrected chi connectivity index (χ3v) is 4.38. The van der Waals surface area contributed by atoms with Gasteiger partial charge in [0.05, 0.1) is 0 Å². The third-order valence-electron chi connectivity index (χ3n) is 3.60. The van der Waals surface area contributed by atoms with Gasteiger partial charge in [0, 0.05) is 24.2 Å². The van der Waals surface area contributed by atoms with Gasteiger partial charge in [-0.3, -0.25) is 0 Å². The number of benzene rings is 1. The molecule has 18 heavy (non-hydrogen) atoms. The summed E-state index contributed by atoms with van der Waals surface area (Å²) in [5.74, 6) is 0. The van der Waals surface area contributed by atoms with Crippen molar-refractivity contribution in [3.05, 3.63) is 52.0 Å². The van der Waals surface area contributed by atoms with E-state index in [1.54, 1.807) is 11.3 Å². The van der Waals surface area contributed by atoms with Crippen LogP contribution < -0.4 is 5.32 Å². The molecule has 1 N–H and O–H groups in total. The Hall–Kier alpha value is -1.19. The number of aryl methyl sites for hydroxylation is 1. The molecule has 0 unspecified atom stereocenters. The number of hydrogen-bond acceptors (Lipinski definition) is 3. The minimum atomic E-state index is 0.493. The van der Waals surface area contributed by atoms with Gasteiger partial charge in [0.15, 0.2) is 0 Å². The molecule has 0 saturated heterocycles. The van der Waals surface area contributed by atoms with E-state index in [-0.39, 0.29) is 0 Å². The van der Waals surface area contributed by atoms with Crippen LogP contribution in [0, 0.1) is 0 Å². The van der Waals surface area contributed by atoms with Gasteiger partial charge in [-0.25, -0.2) is 4.98 Å². The van der Waals surface area contributed by atoms with Gasteiger partial charge in [0.1, 0.15) is 5.01 Å². The summed E-state index contributed by atoms with van der Waals surface area (Å²) in [7, 11) is 0. The van der Waals surface area contributed by atoms with Gasteiger partial charge in [-0.2, -0.15) is 0 Å². The highest BCUT2D eigenvalue weighted by atomic mass is 32.1. The molecule has 1 aliphatic rings. The van der Waals surface area contributed by atoms with Gasteiger partial charge < -0.3 is 5.32 Å². The molecule has 0 aliphatic heterocycles. The van der Waals surface area contributed by atoms with Crippen LogP contribution in [0.2, 0.25) is 0 Å². The van der Waals surface area contributed by atoms with Gasteiger partial charge in [0.25, 0.3) is 0 Å². The lowest BCUT2D eigenvalue weighted by Gasteiger charge is -2.18. The first-order chi connectivity index (χ1) is 8.93. The lowest BCUT2D eigenvalue weighted by Crippen LogP contribution is -2.21. The van der Waals surface area contributed by atoms with E-state index in [2.05, 4.69) is 34.6 Å². The standard InChI is InChI=1S/C15H18N2S/c1-3-7-13-12(5-1)6-2-4-8-14(13)17-11-15-16-9-10-18-15/h1,3,5,7,9-10,14,17H,2,4,6,8,11H2/t14-/m1/s1. The van der Waals surface area contributed by atoms with E-state index >= 15 is 0 Å². The van der Waals surface area contributed by atoms with Crippen LogP contribution in [0.25, 0.3) is 0 Å².